The molecule has 7 heteroatoms. The van der Waals surface area contributed by atoms with Gasteiger partial charge in [0, 0.05) is 5.54 Å². The van der Waals surface area contributed by atoms with E-state index >= 15 is 0 Å². The van der Waals surface area contributed by atoms with Gasteiger partial charge in [0.1, 0.15) is 10.7 Å². The minimum atomic E-state index is -4.01. The highest BCUT2D eigenvalue weighted by Crippen LogP contribution is 2.40. The molecule has 1 aliphatic rings. The molecule has 0 atom stereocenters. The zero-order valence-electron chi connectivity index (χ0n) is 11.2. The van der Waals surface area contributed by atoms with Crippen molar-refractivity contribution in [2.45, 2.75) is 37.1 Å². The van der Waals surface area contributed by atoms with Crippen molar-refractivity contribution in [3.05, 3.63) is 29.6 Å². The molecule has 1 aromatic rings. The van der Waals surface area contributed by atoms with E-state index in [9.17, 15) is 17.6 Å². The second-order valence-corrected chi connectivity index (χ2v) is 7.20. The lowest BCUT2D eigenvalue weighted by molar-refractivity contribution is 0.0696. The molecule has 1 fully saturated rings. The van der Waals surface area contributed by atoms with Gasteiger partial charge in [-0.05, 0) is 50.8 Å². The van der Waals surface area contributed by atoms with Gasteiger partial charge in [-0.1, -0.05) is 0 Å². The Balaban J connectivity index is 2.32. The van der Waals surface area contributed by atoms with Crippen LogP contribution in [0.15, 0.2) is 23.1 Å². The molecule has 2 rings (SSSR count). The van der Waals surface area contributed by atoms with Crippen LogP contribution in [0.1, 0.15) is 37.0 Å². The van der Waals surface area contributed by atoms with E-state index < -0.39 is 32.2 Å². The van der Waals surface area contributed by atoms with Crippen LogP contribution in [0.2, 0.25) is 0 Å². The van der Waals surface area contributed by atoms with E-state index in [2.05, 4.69) is 4.72 Å². The molecule has 0 unspecified atom stereocenters. The maximum atomic E-state index is 13.8. The van der Waals surface area contributed by atoms with Crippen LogP contribution in [0.25, 0.3) is 0 Å². The first-order valence-corrected chi connectivity index (χ1v) is 7.68. The minimum absolute atomic E-state index is 0.249. The quantitative estimate of drug-likeness (QED) is 0.871. The monoisotopic (exact) mass is 301 g/mol. The van der Waals surface area contributed by atoms with E-state index in [1.54, 1.807) is 13.8 Å². The van der Waals surface area contributed by atoms with Gasteiger partial charge in [-0.3, -0.25) is 0 Å². The van der Waals surface area contributed by atoms with Crippen LogP contribution in [-0.4, -0.2) is 25.0 Å². The summed E-state index contributed by atoms with van der Waals surface area (Å²) in [7, 11) is -4.01. The summed E-state index contributed by atoms with van der Waals surface area (Å²) in [6.45, 7) is 3.51. The van der Waals surface area contributed by atoms with Crippen LogP contribution in [0.5, 0.6) is 0 Å². The van der Waals surface area contributed by atoms with Crippen molar-refractivity contribution < 1.29 is 22.7 Å². The highest BCUT2D eigenvalue weighted by Gasteiger charge is 2.41. The fourth-order valence-electron chi connectivity index (χ4n) is 2.14. The smallest absolute Gasteiger partial charge is 0.335 e. The number of rotatable bonds is 5. The third kappa shape index (κ3) is 2.99. The van der Waals surface area contributed by atoms with Crippen molar-refractivity contribution >= 4 is 16.0 Å². The lowest BCUT2D eigenvalue weighted by Gasteiger charge is -2.25. The topological polar surface area (TPSA) is 83.5 Å². The van der Waals surface area contributed by atoms with Crippen molar-refractivity contribution in [2.75, 3.05) is 0 Å². The molecule has 0 heterocycles. The number of sulfonamides is 1. The number of carboxylic acid groups (broad SMARTS) is 1. The van der Waals surface area contributed by atoms with Crippen LogP contribution < -0.4 is 4.72 Å². The van der Waals surface area contributed by atoms with Gasteiger partial charge in [0.15, 0.2) is 0 Å². The molecule has 1 aromatic carbocycles. The Morgan fingerprint density at radius 3 is 2.45 bits per heavy atom. The molecule has 110 valence electrons. The number of aromatic carboxylic acids is 1. The molecule has 0 saturated heterocycles. The summed E-state index contributed by atoms with van der Waals surface area (Å²) >= 11 is 0. The third-order valence-electron chi connectivity index (χ3n) is 3.46. The summed E-state index contributed by atoms with van der Waals surface area (Å²) in [5.74, 6) is -2.12. The Morgan fingerprint density at radius 2 is 2.00 bits per heavy atom. The number of benzene rings is 1. The number of carbonyl (C=O) groups is 1. The van der Waals surface area contributed by atoms with Gasteiger partial charge in [-0.15, -0.1) is 0 Å². The molecule has 2 N–H and O–H groups in total. The van der Waals surface area contributed by atoms with Crippen LogP contribution in [-0.2, 0) is 10.0 Å². The summed E-state index contributed by atoms with van der Waals surface area (Å²) in [6, 6.07) is 2.76. The average Bonchev–Trinajstić information content (AvgIpc) is 3.10. The lowest BCUT2D eigenvalue weighted by Crippen LogP contribution is -2.45. The Bertz CT molecular complexity index is 650. The van der Waals surface area contributed by atoms with Gasteiger partial charge in [0.25, 0.3) is 0 Å². The zero-order chi connectivity index (χ0) is 15.1. The molecule has 0 aromatic heterocycles. The molecule has 1 saturated carbocycles. The number of nitrogens with one attached hydrogen (secondary N) is 1. The van der Waals surface area contributed by atoms with E-state index in [-0.39, 0.29) is 11.5 Å². The van der Waals surface area contributed by atoms with Gasteiger partial charge in [-0.2, -0.15) is 0 Å². The van der Waals surface area contributed by atoms with Crippen LogP contribution in [0, 0.1) is 11.7 Å². The number of hydrogen-bond donors (Lipinski definition) is 2. The van der Waals surface area contributed by atoms with Gasteiger partial charge in [-0.25, -0.2) is 22.3 Å². The largest absolute Gasteiger partial charge is 0.478 e. The van der Waals surface area contributed by atoms with E-state index in [0.717, 1.165) is 25.0 Å². The van der Waals surface area contributed by atoms with Crippen LogP contribution >= 0.6 is 0 Å². The van der Waals surface area contributed by atoms with Gasteiger partial charge < -0.3 is 5.11 Å². The maximum absolute atomic E-state index is 13.8. The molecule has 5 nitrogen and oxygen atoms in total. The summed E-state index contributed by atoms with van der Waals surface area (Å²) < 4.78 is 40.7. The van der Waals surface area contributed by atoms with Crippen molar-refractivity contribution in [3.63, 3.8) is 0 Å². The number of hydrogen-bond acceptors (Lipinski definition) is 3. The van der Waals surface area contributed by atoms with Crippen LogP contribution in [0.4, 0.5) is 4.39 Å². The van der Waals surface area contributed by atoms with E-state index in [4.69, 9.17) is 5.11 Å². The summed E-state index contributed by atoms with van der Waals surface area (Å²) in [4.78, 5) is 10.2. The molecule has 0 amide bonds. The molecule has 0 spiro atoms. The van der Waals surface area contributed by atoms with Crippen molar-refractivity contribution in [1.82, 2.24) is 4.72 Å². The highest BCUT2D eigenvalue weighted by atomic mass is 32.2. The predicted octanol–water partition coefficient (Wildman–Crippen LogP) is 1.99. The minimum Gasteiger partial charge on any atom is -0.478 e. The molecular formula is C13H16FNO4S. The van der Waals surface area contributed by atoms with E-state index in [1.165, 1.54) is 0 Å². The lowest BCUT2D eigenvalue weighted by atomic mass is 10.0. The molecule has 20 heavy (non-hydrogen) atoms. The fraction of sp³-hybridized carbons (Fsp3) is 0.462. The molecular weight excluding hydrogens is 285 g/mol. The van der Waals surface area contributed by atoms with Gasteiger partial charge in [0.05, 0.1) is 5.56 Å². The third-order valence-corrected chi connectivity index (χ3v) is 5.17. The summed E-state index contributed by atoms with van der Waals surface area (Å²) in [6.07, 6.45) is 1.88. The van der Waals surface area contributed by atoms with E-state index in [1.807, 2.05) is 0 Å². The second kappa shape index (κ2) is 4.82. The van der Waals surface area contributed by atoms with Gasteiger partial charge >= 0.3 is 5.97 Å². The fourth-order valence-corrected chi connectivity index (χ4v) is 3.67. The molecule has 0 radical (unpaired) electrons. The molecule has 0 aliphatic heterocycles. The predicted molar refractivity (Wildman–Crippen MR) is 70.5 cm³/mol. The number of halogens is 1. The highest BCUT2D eigenvalue weighted by molar-refractivity contribution is 7.89. The normalized spacial score (nSPS) is 16.1. The van der Waals surface area contributed by atoms with Crippen molar-refractivity contribution in [2.24, 2.45) is 5.92 Å². The Hall–Kier alpha value is -1.47. The number of carboxylic acids is 1. The first-order chi connectivity index (χ1) is 9.13. The standard InChI is InChI=1S/C13H16FNO4S/c1-13(2,9-4-5-9)15-20(18,19)11-6-3-8(12(16)17)7-10(11)14/h3,6-7,9,15H,4-5H2,1-2H3,(H,16,17). The molecule has 0 bridgehead atoms. The first kappa shape index (κ1) is 14.9. The van der Waals surface area contributed by atoms with E-state index in [0.29, 0.717) is 6.07 Å². The Morgan fingerprint density at radius 1 is 1.40 bits per heavy atom. The average molecular weight is 301 g/mol. The summed E-state index contributed by atoms with van der Waals surface area (Å²) in [5, 5.41) is 8.74. The molecule has 1 aliphatic carbocycles. The SMILES string of the molecule is CC(C)(NS(=O)(=O)c1ccc(C(=O)O)cc1F)C1CC1. The van der Waals surface area contributed by atoms with Gasteiger partial charge in [0.2, 0.25) is 10.0 Å². The van der Waals surface area contributed by atoms with Crippen molar-refractivity contribution in [3.8, 4) is 0 Å². The van der Waals surface area contributed by atoms with Crippen molar-refractivity contribution in [1.29, 1.82) is 0 Å². The maximum Gasteiger partial charge on any atom is 0.335 e. The Labute approximate surface area is 116 Å². The second-order valence-electron chi connectivity index (χ2n) is 5.55. The Kier molecular flexibility index (Phi) is 3.60. The summed E-state index contributed by atoms with van der Waals surface area (Å²) in [5.41, 5.74) is -0.931. The zero-order valence-corrected chi connectivity index (χ0v) is 12.0. The first-order valence-electron chi connectivity index (χ1n) is 6.20. The van der Waals surface area contributed by atoms with Crippen LogP contribution in [0.3, 0.4) is 0 Å².